The van der Waals surface area contributed by atoms with Crippen molar-refractivity contribution in [3.8, 4) is 11.5 Å². The van der Waals surface area contributed by atoms with Crippen molar-refractivity contribution in [2.75, 3.05) is 11.9 Å². The van der Waals surface area contributed by atoms with Crippen molar-refractivity contribution in [1.82, 2.24) is 14.9 Å². The summed E-state index contributed by atoms with van der Waals surface area (Å²) in [6, 6.07) is 11.2. The molecule has 2 aromatic carbocycles. The minimum absolute atomic E-state index is 0.0422. The number of rotatable bonds is 3. The molecule has 0 unspecified atom stereocenters. The molecule has 1 spiro atoms. The zero-order valence-electron chi connectivity index (χ0n) is 17.1. The zero-order chi connectivity index (χ0) is 22.0. The van der Waals surface area contributed by atoms with Crippen LogP contribution in [0.25, 0.3) is 33.5 Å². The first-order chi connectivity index (χ1) is 15.5. The molecule has 1 fully saturated rings. The van der Waals surface area contributed by atoms with Crippen molar-refractivity contribution in [2.24, 2.45) is 0 Å². The molecule has 1 aliphatic heterocycles. The van der Waals surface area contributed by atoms with Crippen LogP contribution in [0.3, 0.4) is 0 Å². The predicted octanol–water partition coefficient (Wildman–Crippen LogP) is 4.85. The van der Waals surface area contributed by atoms with Crippen molar-refractivity contribution in [2.45, 2.75) is 24.8 Å². The number of aromatic nitrogens is 2. The van der Waals surface area contributed by atoms with E-state index in [2.05, 4.69) is 26.8 Å². The Morgan fingerprint density at radius 1 is 1.28 bits per heavy atom. The molecule has 2 N–H and O–H groups in total. The molecule has 0 saturated heterocycles. The number of carbonyl (C=O) groups excluding carboxylic acids is 2. The van der Waals surface area contributed by atoms with Gasteiger partial charge < -0.3 is 19.6 Å². The number of anilines is 1. The molecule has 6 rings (SSSR count). The van der Waals surface area contributed by atoms with E-state index in [1.54, 1.807) is 12.1 Å². The average Bonchev–Trinajstić information content (AvgIpc) is 3.35. The summed E-state index contributed by atoms with van der Waals surface area (Å²) in [4.78, 5) is 29.0. The normalized spacial score (nSPS) is 16.6. The van der Waals surface area contributed by atoms with Gasteiger partial charge >= 0.3 is 0 Å². The monoisotopic (exact) mass is 446 g/mol. The summed E-state index contributed by atoms with van der Waals surface area (Å²) in [6.45, 7) is 4.13. The second-order valence-electron chi connectivity index (χ2n) is 8.41. The van der Waals surface area contributed by atoms with Gasteiger partial charge in [0.2, 0.25) is 11.8 Å². The molecule has 0 atom stereocenters. The maximum absolute atomic E-state index is 12.5. The van der Waals surface area contributed by atoms with E-state index in [1.807, 2.05) is 24.3 Å². The number of nitrogens with zero attached hydrogens (tertiary/aromatic N) is 2. The third kappa shape index (κ3) is 2.71. The lowest BCUT2D eigenvalue weighted by Gasteiger charge is -2.47. The number of fused-ring (bicyclic) bond motifs is 5. The first kappa shape index (κ1) is 19.1. The van der Waals surface area contributed by atoms with E-state index in [1.165, 1.54) is 6.08 Å². The number of hydrogen-bond acceptors (Lipinski definition) is 4. The third-order valence-corrected chi connectivity index (χ3v) is 6.74. The van der Waals surface area contributed by atoms with Gasteiger partial charge in [-0.2, -0.15) is 0 Å². The van der Waals surface area contributed by atoms with Crippen molar-refractivity contribution < 1.29 is 14.0 Å². The van der Waals surface area contributed by atoms with Gasteiger partial charge in [0, 0.05) is 28.6 Å². The summed E-state index contributed by atoms with van der Waals surface area (Å²) in [7, 11) is 0. The lowest BCUT2D eigenvalue weighted by atomic mass is 9.75. The van der Waals surface area contributed by atoms with Crippen molar-refractivity contribution in [3.05, 3.63) is 59.8 Å². The van der Waals surface area contributed by atoms with Crippen LogP contribution in [-0.2, 0) is 10.3 Å². The van der Waals surface area contributed by atoms with E-state index in [0.29, 0.717) is 39.9 Å². The topological polar surface area (TPSA) is 89.2 Å². The van der Waals surface area contributed by atoms with Gasteiger partial charge in [0.1, 0.15) is 11.2 Å². The smallest absolute Gasteiger partial charge is 0.268 e. The summed E-state index contributed by atoms with van der Waals surface area (Å²) in [5.41, 5.74) is 3.85. The minimum Gasteiger partial charge on any atom is -0.436 e. The number of benzene rings is 2. The second-order valence-corrected chi connectivity index (χ2v) is 8.85. The van der Waals surface area contributed by atoms with Gasteiger partial charge in [-0.05, 0) is 49.6 Å². The maximum Gasteiger partial charge on any atom is 0.268 e. The highest BCUT2D eigenvalue weighted by Gasteiger charge is 2.44. The summed E-state index contributed by atoms with van der Waals surface area (Å²) < 4.78 is 8.21. The van der Waals surface area contributed by atoms with Crippen molar-refractivity contribution >= 4 is 51.1 Å². The molecule has 2 amide bonds. The van der Waals surface area contributed by atoms with E-state index in [-0.39, 0.29) is 17.4 Å². The molecular formula is C24H19ClN4O3. The summed E-state index contributed by atoms with van der Waals surface area (Å²) in [5.74, 6) is 0.0135. The molecular weight excluding hydrogens is 428 g/mol. The Morgan fingerprint density at radius 2 is 2.12 bits per heavy atom. The Balaban J connectivity index is 1.51. The fourth-order valence-electron chi connectivity index (χ4n) is 4.81. The van der Waals surface area contributed by atoms with Gasteiger partial charge in [0.05, 0.1) is 16.7 Å². The molecule has 2 aliphatic rings. The standard InChI is InChI=1S/C24H19ClN4O3/c1-2-20(30)27-16-10-15(25)11-19-21(16)28-23(32-19)14-5-4-13-8-18-22(31)26-12-24(6-3-7-24)29(18)17(13)9-14/h2,4-5,8-11H,1,3,6-7,12H2,(H,26,31)(H,27,30). The highest BCUT2D eigenvalue weighted by Crippen LogP contribution is 2.44. The third-order valence-electron chi connectivity index (χ3n) is 6.52. The molecule has 0 bridgehead atoms. The molecule has 3 heterocycles. The Bertz CT molecular complexity index is 1460. The number of nitrogens with one attached hydrogen (secondary N) is 2. The Hall–Kier alpha value is -3.58. The van der Waals surface area contributed by atoms with Crippen LogP contribution >= 0.6 is 11.6 Å². The molecule has 4 aromatic rings. The molecule has 32 heavy (non-hydrogen) atoms. The van der Waals surface area contributed by atoms with E-state index in [9.17, 15) is 9.59 Å². The molecule has 0 radical (unpaired) electrons. The second kappa shape index (κ2) is 6.71. The molecule has 7 nitrogen and oxygen atoms in total. The largest absolute Gasteiger partial charge is 0.436 e. The van der Waals surface area contributed by atoms with Gasteiger partial charge in [-0.1, -0.05) is 24.2 Å². The van der Waals surface area contributed by atoms with E-state index in [0.717, 1.165) is 35.7 Å². The van der Waals surface area contributed by atoms with Crippen LogP contribution in [0.2, 0.25) is 5.02 Å². The number of oxazole rings is 1. The number of hydrogen-bond donors (Lipinski definition) is 2. The lowest BCUT2D eigenvalue weighted by molar-refractivity contribution is -0.111. The number of carbonyl (C=O) groups is 2. The molecule has 8 heteroatoms. The lowest BCUT2D eigenvalue weighted by Crippen LogP contribution is -2.55. The van der Waals surface area contributed by atoms with Gasteiger partial charge in [-0.3, -0.25) is 9.59 Å². The number of halogens is 1. The predicted molar refractivity (Wildman–Crippen MR) is 123 cm³/mol. The zero-order valence-corrected chi connectivity index (χ0v) is 17.8. The van der Waals surface area contributed by atoms with E-state index in [4.69, 9.17) is 16.0 Å². The minimum atomic E-state index is -0.358. The van der Waals surface area contributed by atoms with Gasteiger partial charge in [-0.15, -0.1) is 0 Å². The first-order valence-electron chi connectivity index (χ1n) is 10.5. The van der Waals surface area contributed by atoms with Gasteiger partial charge in [0.15, 0.2) is 5.58 Å². The number of amides is 2. The van der Waals surface area contributed by atoms with Crippen LogP contribution in [0.1, 0.15) is 29.8 Å². The SMILES string of the molecule is C=CC(=O)Nc1cc(Cl)cc2oc(-c3ccc4cc5n(c4c3)C3(CCC3)CNC5=O)nc12. The van der Waals surface area contributed by atoms with Gasteiger partial charge in [-0.25, -0.2) is 4.98 Å². The van der Waals surface area contributed by atoms with Crippen LogP contribution in [0.5, 0.6) is 0 Å². The summed E-state index contributed by atoms with van der Waals surface area (Å²) >= 11 is 6.21. The quantitative estimate of drug-likeness (QED) is 0.440. The molecule has 1 aliphatic carbocycles. The Labute approximate surface area is 188 Å². The molecule has 160 valence electrons. The first-order valence-corrected chi connectivity index (χ1v) is 10.8. The highest BCUT2D eigenvalue weighted by molar-refractivity contribution is 6.32. The van der Waals surface area contributed by atoms with Crippen LogP contribution < -0.4 is 10.6 Å². The molecule has 2 aromatic heterocycles. The van der Waals surface area contributed by atoms with E-state index < -0.39 is 0 Å². The van der Waals surface area contributed by atoms with Crippen molar-refractivity contribution in [3.63, 3.8) is 0 Å². The Morgan fingerprint density at radius 3 is 2.88 bits per heavy atom. The fraction of sp³-hybridized carbons (Fsp3) is 0.208. The van der Waals surface area contributed by atoms with Crippen LogP contribution in [0.15, 0.2) is 53.5 Å². The summed E-state index contributed by atoms with van der Waals surface area (Å²) in [5, 5.41) is 7.20. The van der Waals surface area contributed by atoms with Crippen LogP contribution in [-0.4, -0.2) is 27.9 Å². The summed E-state index contributed by atoms with van der Waals surface area (Å²) in [6.07, 6.45) is 4.42. The van der Waals surface area contributed by atoms with Crippen LogP contribution in [0.4, 0.5) is 5.69 Å². The maximum atomic E-state index is 12.5. The fourth-order valence-corrected chi connectivity index (χ4v) is 5.02. The highest BCUT2D eigenvalue weighted by atomic mass is 35.5. The average molecular weight is 447 g/mol. The van der Waals surface area contributed by atoms with Crippen molar-refractivity contribution in [1.29, 1.82) is 0 Å². The van der Waals surface area contributed by atoms with Gasteiger partial charge in [0.25, 0.3) is 5.91 Å². The molecule has 1 saturated carbocycles. The van der Waals surface area contributed by atoms with E-state index >= 15 is 0 Å². The van der Waals surface area contributed by atoms with Crippen LogP contribution in [0, 0.1) is 0 Å². The Kier molecular flexibility index (Phi) is 4.01.